The van der Waals surface area contributed by atoms with Crippen molar-refractivity contribution >= 4 is 34.1 Å². The number of nitrogen functional groups attached to an aromatic ring is 1. The molecule has 0 aliphatic heterocycles. The summed E-state index contributed by atoms with van der Waals surface area (Å²) in [6.45, 7) is 0. The lowest BCUT2D eigenvalue weighted by Crippen LogP contribution is -2.33. The molecule has 0 amide bonds. The van der Waals surface area contributed by atoms with Gasteiger partial charge in [0.05, 0.1) is 16.9 Å². The molecule has 6 nitrogen and oxygen atoms in total. The molecule has 1 aliphatic carbocycles. The number of ether oxygens (including phenoxy) is 1. The topological polar surface area (TPSA) is 88.9 Å². The van der Waals surface area contributed by atoms with Crippen LogP contribution in [0, 0.1) is 0 Å². The van der Waals surface area contributed by atoms with E-state index in [9.17, 15) is 0 Å². The lowest BCUT2D eigenvalue weighted by atomic mass is 9.93. The van der Waals surface area contributed by atoms with Crippen LogP contribution in [0.25, 0.3) is 22.2 Å². The predicted molar refractivity (Wildman–Crippen MR) is 125 cm³/mol. The van der Waals surface area contributed by atoms with Gasteiger partial charge >= 0.3 is 0 Å². The molecular formula is C24H24ClN5O. The number of benzene rings is 2. The van der Waals surface area contributed by atoms with E-state index in [4.69, 9.17) is 27.1 Å². The van der Waals surface area contributed by atoms with Gasteiger partial charge in [-0.2, -0.15) is 0 Å². The molecule has 0 unspecified atom stereocenters. The normalized spacial score (nSPS) is 18.7. The molecule has 1 aliphatic rings. The first-order chi connectivity index (χ1) is 15.2. The first-order valence-electron chi connectivity index (χ1n) is 10.5. The molecular weight excluding hydrogens is 410 g/mol. The Balaban J connectivity index is 1.32. The zero-order valence-corrected chi connectivity index (χ0v) is 17.8. The lowest BCUT2D eigenvalue weighted by molar-refractivity contribution is 0.148. The summed E-state index contributed by atoms with van der Waals surface area (Å²) in [4.78, 5) is 12.5. The summed E-state index contributed by atoms with van der Waals surface area (Å²) in [7, 11) is 0. The lowest BCUT2D eigenvalue weighted by Gasteiger charge is -2.30. The summed E-state index contributed by atoms with van der Waals surface area (Å²) in [5, 5.41) is 5.11. The van der Waals surface area contributed by atoms with E-state index in [2.05, 4.69) is 21.4 Å². The number of rotatable bonds is 5. The number of nitrogens with zero attached hydrogens (tertiary/aromatic N) is 2. The molecule has 1 saturated carbocycles. The van der Waals surface area contributed by atoms with E-state index in [-0.39, 0.29) is 12.1 Å². The number of hydrogen-bond donors (Lipinski definition) is 3. The molecule has 1 fully saturated rings. The van der Waals surface area contributed by atoms with E-state index >= 15 is 0 Å². The van der Waals surface area contributed by atoms with Crippen LogP contribution in [0.2, 0.25) is 5.02 Å². The van der Waals surface area contributed by atoms with Gasteiger partial charge in [0.2, 0.25) is 5.95 Å². The van der Waals surface area contributed by atoms with Gasteiger partial charge in [-0.1, -0.05) is 29.8 Å². The monoisotopic (exact) mass is 433 g/mol. The molecule has 2 heterocycles. The molecule has 2 aromatic heterocycles. The fourth-order valence-electron chi connectivity index (χ4n) is 4.20. The SMILES string of the molecule is Nc1ccc(O[C@@H]2CCC[C@@H](Nc3ncc(Cl)c(-c4c[nH]c5ccccc45)n3)C2)cc1. The van der Waals surface area contributed by atoms with Crippen molar-refractivity contribution in [2.45, 2.75) is 37.8 Å². The number of hydrogen-bond acceptors (Lipinski definition) is 5. The van der Waals surface area contributed by atoms with Crippen molar-refractivity contribution in [1.29, 1.82) is 0 Å². The molecule has 2 atom stereocenters. The average molecular weight is 434 g/mol. The smallest absolute Gasteiger partial charge is 0.223 e. The van der Waals surface area contributed by atoms with Gasteiger partial charge < -0.3 is 20.8 Å². The Morgan fingerprint density at radius 1 is 1.10 bits per heavy atom. The van der Waals surface area contributed by atoms with E-state index in [0.717, 1.165) is 59.3 Å². The van der Waals surface area contributed by atoms with Crippen LogP contribution in [-0.4, -0.2) is 27.1 Å². The number of aromatic nitrogens is 3. The number of para-hydroxylation sites is 1. The van der Waals surface area contributed by atoms with Gasteiger partial charge in [-0.15, -0.1) is 0 Å². The number of H-pyrrole nitrogens is 1. The number of fused-ring (bicyclic) bond motifs is 1. The van der Waals surface area contributed by atoms with Crippen LogP contribution in [0.4, 0.5) is 11.6 Å². The van der Waals surface area contributed by atoms with Crippen LogP contribution in [0.1, 0.15) is 25.7 Å². The van der Waals surface area contributed by atoms with Crippen molar-refractivity contribution in [3.8, 4) is 17.0 Å². The van der Waals surface area contributed by atoms with Gasteiger partial charge in [0.1, 0.15) is 11.9 Å². The highest BCUT2D eigenvalue weighted by Gasteiger charge is 2.24. The van der Waals surface area contributed by atoms with Crippen molar-refractivity contribution in [3.05, 3.63) is 65.9 Å². The van der Waals surface area contributed by atoms with Crippen LogP contribution < -0.4 is 15.8 Å². The minimum absolute atomic E-state index is 0.148. The summed E-state index contributed by atoms with van der Waals surface area (Å²) in [6, 6.07) is 15.9. The Morgan fingerprint density at radius 3 is 2.81 bits per heavy atom. The van der Waals surface area contributed by atoms with Crippen LogP contribution in [0.15, 0.2) is 60.9 Å². The Morgan fingerprint density at radius 2 is 1.94 bits per heavy atom. The predicted octanol–water partition coefficient (Wildman–Crippen LogP) is 5.66. The summed E-state index contributed by atoms with van der Waals surface area (Å²) >= 11 is 6.46. The fraction of sp³-hybridized carbons (Fsp3) is 0.250. The number of nitrogens with one attached hydrogen (secondary N) is 2. The summed E-state index contributed by atoms with van der Waals surface area (Å²) in [6.07, 6.45) is 7.81. The van der Waals surface area contributed by atoms with Crippen LogP contribution >= 0.6 is 11.6 Å². The third-order valence-corrected chi connectivity index (χ3v) is 6.01. The molecule has 0 saturated heterocycles. The van der Waals surface area contributed by atoms with Crippen molar-refractivity contribution in [3.63, 3.8) is 0 Å². The maximum absolute atomic E-state index is 6.46. The highest BCUT2D eigenvalue weighted by Crippen LogP contribution is 2.33. The Kier molecular flexibility index (Phi) is 5.38. The van der Waals surface area contributed by atoms with E-state index in [0.29, 0.717) is 11.0 Å². The molecule has 0 radical (unpaired) electrons. The first-order valence-corrected chi connectivity index (χ1v) is 10.9. The molecule has 158 valence electrons. The zero-order valence-electron chi connectivity index (χ0n) is 17.0. The summed E-state index contributed by atoms with van der Waals surface area (Å²) in [5.74, 6) is 1.44. The molecule has 4 aromatic rings. The third kappa shape index (κ3) is 4.30. The fourth-order valence-corrected chi connectivity index (χ4v) is 4.39. The minimum Gasteiger partial charge on any atom is -0.490 e. The maximum atomic E-state index is 6.46. The van der Waals surface area contributed by atoms with Gasteiger partial charge in [-0.05, 0) is 49.6 Å². The standard InChI is InChI=1S/C24H24ClN5O/c25-21-14-28-24(30-23(21)20-13-27-22-7-2-1-6-19(20)22)29-16-4-3-5-18(12-16)31-17-10-8-15(26)9-11-17/h1-2,6-11,13-14,16,18,27H,3-5,12,26H2,(H,28,29,30)/t16-,18-/m1/s1. The summed E-state index contributed by atoms with van der Waals surface area (Å²) in [5.41, 5.74) is 9.25. The summed E-state index contributed by atoms with van der Waals surface area (Å²) < 4.78 is 6.17. The van der Waals surface area contributed by atoms with Crippen molar-refractivity contribution in [1.82, 2.24) is 15.0 Å². The molecule has 7 heteroatoms. The van der Waals surface area contributed by atoms with Crippen LogP contribution in [-0.2, 0) is 0 Å². The van der Waals surface area contributed by atoms with E-state index in [1.54, 1.807) is 6.20 Å². The first kappa shape index (κ1) is 19.7. The van der Waals surface area contributed by atoms with Crippen molar-refractivity contribution in [2.24, 2.45) is 0 Å². The molecule has 2 aromatic carbocycles. The highest BCUT2D eigenvalue weighted by molar-refractivity contribution is 6.33. The van der Waals surface area contributed by atoms with Gasteiger partial charge in [0, 0.05) is 40.8 Å². The maximum Gasteiger partial charge on any atom is 0.223 e. The number of anilines is 2. The minimum atomic E-state index is 0.148. The zero-order chi connectivity index (χ0) is 21.2. The van der Waals surface area contributed by atoms with Crippen molar-refractivity contribution in [2.75, 3.05) is 11.1 Å². The largest absolute Gasteiger partial charge is 0.490 e. The second kappa shape index (κ2) is 8.47. The van der Waals surface area contributed by atoms with Gasteiger partial charge in [-0.3, -0.25) is 0 Å². The Hall–Kier alpha value is -3.25. The Labute approximate surface area is 185 Å². The van der Waals surface area contributed by atoms with E-state index in [1.807, 2.05) is 48.7 Å². The quantitative estimate of drug-likeness (QED) is 0.353. The van der Waals surface area contributed by atoms with Crippen molar-refractivity contribution < 1.29 is 4.74 Å². The third-order valence-electron chi connectivity index (χ3n) is 5.73. The molecule has 0 bridgehead atoms. The van der Waals surface area contributed by atoms with E-state index in [1.165, 1.54) is 0 Å². The van der Waals surface area contributed by atoms with E-state index < -0.39 is 0 Å². The van der Waals surface area contributed by atoms with Crippen LogP contribution in [0.3, 0.4) is 0 Å². The molecule has 31 heavy (non-hydrogen) atoms. The van der Waals surface area contributed by atoms with Crippen LogP contribution in [0.5, 0.6) is 5.75 Å². The number of halogens is 1. The van der Waals surface area contributed by atoms with Gasteiger partial charge in [0.25, 0.3) is 0 Å². The molecule has 4 N–H and O–H groups in total. The highest BCUT2D eigenvalue weighted by atomic mass is 35.5. The second-order valence-corrected chi connectivity index (χ2v) is 8.36. The number of nitrogens with two attached hydrogens (primary N) is 1. The Bertz CT molecular complexity index is 1190. The molecule has 0 spiro atoms. The van der Waals surface area contributed by atoms with Gasteiger partial charge in [0.15, 0.2) is 0 Å². The second-order valence-electron chi connectivity index (χ2n) is 7.95. The molecule has 5 rings (SSSR count). The average Bonchev–Trinajstić information content (AvgIpc) is 3.21. The van der Waals surface area contributed by atoms with Gasteiger partial charge in [-0.25, -0.2) is 9.97 Å². The number of aromatic amines is 1.